The highest BCUT2D eigenvalue weighted by atomic mass is 15.2. The zero-order chi connectivity index (χ0) is 18.5. The Morgan fingerprint density at radius 3 is 2.85 bits per heavy atom. The molecular weight excluding hydrogens is 334 g/mol. The molecule has 1 fully saturated rings. The Hall–Kier alpha value is -2.79. The van der Waals surface area contributed by atoms with Crippen LogP contribution in [-0.2, 0) is 6.42 Å². The predicted molar refractivity (Wildman–Crippen MR) is 108 cm³/mol. The summed E-state index contributed by atoms with van der Waals surface area (Å²) in [4.78, 5) is 16.2. The maximum absolute atomic E-state index is 4.84. The largest absolute Gasteiger partial charge is 0.323 e. The second-order valence-electron chi connectivity index (χ2n) is 7.05. The summed E-state index contributed by atoms with van der Waals surface area (Å²) < 4.78 is 0. The van der Waals surface area contributed by atoms with Crippen LogP contribution in [0, 0.1) is 6.92 Å². The van der Waals surface area contributed by atoms with Crippen molar-refractivity contribution in [2.75, 3.05) is 18.4 Å². The number of hydrogen-bond donors (Lipinski definition) is 1. The van der Waals surface area contributed by atoms with E-state index in [1.165, 1.54) is 12.0 Å². The van der Waals surface area contributed by atoms with E-state index in [0.29, 0.717) is 6.04 Å². The number of nitrogens with zero attached hydrogens (tertiary/aromatic N) is 4. The molecule has 2 aromatic heterocycles. The maximum Gasteiger partial charge on any atom is 0.150 e. The summed E-state index contributed by atoms with van der Waals surface area (Å²) >= 11 is 0. The molecule has 0 saturated carbocycles. The maximum atomic E-state index is 4.84. The van der Waals surface area contributed by atoms with E-state index in [4.69, 9.17) is 4.98 Å². The van der Waals surface area contributed by atoms with Gasteiger partial charge in [-0.1, -0.05) is 36.4 Å². The van der Waals surface area contributed by atoms with Crippen LogP contribution < -0.4 is 5.32 Å². The molecule has 27 heavy (non-hydrogen) atoms. The molecule has 1 aromatic carbocycles. The molecule has 1 N–H and O–H groups in total. The lowest BCUT2D eigenvalue weighted by Crippen LogP contribution is -2.26. The highest BCUT2D eigenvalue weighted by molar-refractivity contribution is 5.54. The Morgan fingerprint density at radius 2 is 2.00 bits per heavy atom. The first-order chi connectivity index (χ1) is 13.3. The van der Waals surface area contributed by atoms with E-state index in [1.807, 2.05) is 25.3 Å². The third-order valence-electron chi connectivity index (χ3n) is 5.14. The Bertz CT molecular complexity index is 881. The van der Waals surface area contributed by atoms with Crippen LogP contribution in [0.15, 0.2) is 61.1 Å². The van der Waals surface area contributed by atoms with Gasteiger partial charge in [-0.25, -0.2) is 9.97 Å². The fourth-order valence-electron chi connectivity index (χ4n) is 3.69. The van der Waals surface area contributed by atoms with E-state index in [9.17, 15) is 0 Å². The van der Waals surface area contributed by atoms with Crippen LogP contribution >= 0.6 is 0 Å². The van der Waals surface area contributed by atoms with Crippen LogP contribution in [0.25, 0.3) is 0 Å². The van der Waals surface area contributed by atoms with Crippen molar-refractivity contribution in [3.63, 3.8) is 0 Å². The molecular formula is C22H25N5. The summed E-state index contributed by atoms with van der Waals surface area (Å²) in [5.74, 6) is 1.58. The second kappa shape index (κ2) is 8.27. The number of aromatic nitrogens is 3. The van der Waals surface area contributed by atoms with Gasteiger partial charge in [-0.05, 0) is 49.9 Å². The van der Waals surface area contributed by atoms with Crippen LogP contribution in [-0.4, -0.2) is 32.9 Å². The smallest absolute Gasteiger partial charge is 0.150 e. The number of benzene rings is 1. The van der Waals surface area contributed by atoms with E-state index in [0.717, 1.165) is 48.8 Å². The van der Waals surface area contributed by atoms with Crippen LogP contribution in [0.3, 0.4) is 0 Å². The van der Waals surface area contributed by atoms with Crippen molar-refractivity contribution in [1.82, 2.24) is 19.9 Å². The Labute approximate surface area is 160 Å². The third kappa shape index (κ3) is 4.31. The molecule has 0 aliphatic carbocycles. The van der Waals surface area contributed by atoms with Crippen molar-refractivity contribution in [3.8, 4) is 0 Å². The minimum Gasteiger partial charge on any atom is -0.323 e. The Kier molecular flexibility index (Phi) is 5.39. The van der Waals surface area contributed by atoms with Gasteiger partial charge < -0.3 is 5.32 Å². The van der Waals surface area contributed by atoms with Crippen LogP contribution in [0.4, 0.5) is 11.6 Å². The topological polar surface area (TPSA) is 53.9 Å². The first kappa shape index (κ1) is 17.6. The number of anilines is 2. The van der Waals surface area contributed by atoms with Gasteiger partial charge in [0.05, 0.1) is 24.1 Å². The molecule has 0 spiro atoms. The lowest BCUT2D eigenvalue weighted by atomic mass is 10.1. The van der Waals surface area contributed by atoms with Gasteiger partial charge in [0.25, 0.3) is 0 Å². The van der Waals surface area contributed by atoms with Gasteiger partial charge in [-0.15, -0.1) is 0 Å². The highest BCUT2D eigenvalue weighted by Gasteiger charge is 2.27. The van der Waals surface area contributed by atoms with Crippen molar-refractivity contribution < 1.29 is 0 Å². The number of hydrogen-bond acceptors (Lipinski definition) is 5. The molecule has 0 unspecified atom stereocenters. The van der Waals surface area contributed by atoms with Gasteiger partial charge in [-0.3, -0.25) is 9.88 Å². The fraction of sp³-hybridized carbons (Fsp3) is 0.318. The minimum absolute atomic E-state index is 0.341. The average molecular weight is 359 g/mol. The summed E-state index contributed by atoms with van der Waals surface area (Å²) in [5, 5.41) is 3.31. The van der Waals surface area contributed by atoms with Crippen molar-refractivity contribution in [3.05, 3.63) is 77.9 Å². The standard InChI is InChI=1S/C22H25N5/c1-17-7-5-12-24-22(17)26-21-16-23-15-19(25-21)20-10-6-13-27(20)14-11-18-8-3-2-4-9-18/h2-5,7-9,12,15-16,20H,6,10-11,13-14H2,1H3,(H,24,25,26)/t20-/m1/s1. The summed E-state index contributed by atoms with van der Waals surface area (Å²) in [6.45, 7) is 4.21. The molecule has 5 heteroatoms. The Balaban J connectivity index is 1.46. The van der Waals surface area contributed by atoms with E-state index >= 15 is 0 Å². The third-order valence-corrected chi connectivity index (χ3v) is 5.14. The zero-order valence-corrected chi connectivity index (χ0v) is 15.7. The quantitative estimate of drug-likeness (QED) is 0.711. The highest BCUT2D eigenvalue weighted by Crippen LogP contribution is 2.31. The second-order valence-corrected chi connectivity index (χ2v) is 7.05. The molecule has 4 rings (SSSR count). The van der Waals surface area contributed by atoms with Crippen molar-refractivity contribution in [2.24, 2.45) is 0 Å². The zero-order valence-electron chi connectivity index (χ0n) is 15.7. The van der Waals surface area contributed by atoms with Crippen LogP contribution in [0.1, 0.15) is 35.7 Å². The van der Waals surface area contributed by atoms with Crippen molar-refractivity contribution in [2.45, 2.75) is 32.2 Å². The summed E-state index contributed by atoms with van der Waals surface area (Å²) in [7, 11) is 0. The SMILES string of the molecule is Cc1cccnc1Nc1cncc([C@H]2CCCN2CCc2ccccc2)n1. The van der Waals surface area contributed by atoms with Gasteiger partial charge in [0.1, 0.15) is 11.6 Å². The molecule has 3 heterocycles. The molecule has 1 saturated heterocycles. The number of likely N-dealkylation sites (tertiary alicyclic amines) is 1. The van der Waals surface area contributed by atoms with E-state index in [1.54, 1.807) is 12.4 Å². The molecule has 1 aliphatic heterocycles. The van der Waals surface area contributed by atoms with Crippen LogP contribution in [0.2, 0.25) is 0 Å². The normalized spacial score (nSPS) is 17.1. The fourth-order valence-corrected chi connectivity index (χ4v) is 3.69. The van der Waals surface area contributed by atoms with E-state index < -0.39 is 0 Å². The van der Waals surface area contributed by atoms with Crippen molar-refractivity contribution >= 4 is 11.6 Å². The first-order valence-corrected chi connectivity index (χ1v) is 9.58. The summed E-state index contributed by atoms with van der Waals surface area (Å²) in [6, 6.07) is 15.0. The number of pyridine rings is 1. The average Bonchev–Trinajstić information content (AvgIpc) is 3.18. The lowest BCUT2D eigenvalue weighted by Gasteiger charge is -2.24. The molecule has 3 aromatic rings. The minimum atomic E-state index is 0.341. The molecule has 138 valence electrons. The Morgan fingerprint density at radius 1 is 1.11 bits per heavy atom. The molecule has 1 atom stereocenters. The molecule has 5 nitrogen and oxygen atoms in total. The molecule has 0 bridgehead atoms. The number of aryl methyl sites for hydroxylation is 1. The van der Waals surface area contributed by atoms with Gasteiger partial charge in [-0.2, -0.15) is 0 Å². The summed E-state index contributed by atoms with van der Waals surface area (Å²) in [5.41, 5.74) is 3.52. The molecule has 1 aliphatic rings. The first-order valence-electron chi connectivity index (χ1n) is 9.58. The van der Waals surface area contributed by atoms with E-state index in [-0.39, 0.29) is 0 Å². The predicted octanol–water partition coefficient (Wildman–Crippen LogP) is 4.30. The van der Waals surface area contributed by atoms with Gasteiger partial charge in [0.15, 0.2) is 0 Å². The van der Waals surface area contributed by atoms with Gasteiger partial charge in [0, 0.05) is 12.7 Å². The molecule has 0 radical (unpaired) electrons. The van der Waals surface area contributed by atoms with Crippen molar-refractivity contribution in [1.29, 1.82) is 0 Å². The monoisotopic (exact) mass is 359 g/mol. The lowest BCUT2D eigenvalue weighted by molar-refractivity contribution is 0.256. The van der Waals surface area contributed by atoms with E-state index in [2.05, 4.69) is 50.5 Å². The molecule has 0 amide bonds. The van der Waals surface area contributed by atoms with Gasteiger partial charge >= 0.3 is 0 Å². The summed E-state index contributed by atoms with van der Waals surface area (Å²) in [6.07, 6.45) is 8.86. The van der Waals surface area contributed by atoms with Gasteiger partial charge in [0.2, 0.25) is 0 Å². The van der Waals surface area contributed by atoms with Crippen LogP contribution in [0.5, 0.6) is 0 Å². The number of rotatable bonds is 6. The number of nitrogens with one attached hydrogen (secondary N) is 1.